The molecule has 0 aromatic rings. The molecule has 2 fully saturated rings. The molecule has 21 heavy (non-hydrogen) atoms. The topological polar surface area (TPSA) is 52.7 Å². The molecule has 5 nitrogen and oxygen atoms in total. The lowest BCUT2D eigenvalue weighted by atomic mass is 10.2. The number of carbonyl (C=O) groups is 2. The summed E-state index contributed by atoms with van der Waals surface area (Å²) in [5, 5.41) is 3.97. The fraction of sp³-hybridized carbons (Fsp3) is 0.867. The maximum Gasteiger partial charge on any atom is 0.232 e. The van der Waals surface area contributed by atoms with Crippen LogP contribution in [0.25, 0.3) is 0 Å². The van der Waals surface area contributed by atoms with Crippen molar-refractivity contribution >= 4 is 23.6 Å². The van der Waals surface area contributed by atoms with E-state index in [9.17, 15) is 9.59 Å². The lowest BCUT2D eigenvalue weighted by molar-refractivity contribution is -0.132. The molecule has 0 unspecified atom stereocenters. The second-order valence-corrected chi connectivity index (χ2v) is 7.02. The second-order valence-electron chi connectivity index (χ2n) is 5.73. The summed E-state index contributed by atoms with van der Waals surface area (Å²) >= 11 is 1.81. The van der Waals surface area contributed by atoms with E-state index in [0.29, 0.717) is 30.5 Å². The van der Waals surface area contributed by atoms with Crippen molar-refractivity contribution in [1.29, 1.82) is 0 Å². The number of nitrogens with zero attached hydrogens (tertiary/aromatic N) is 2. The number of hydrogen-bond acceptors (Lipinski definition) is 4. The van der Waals surface area contributed by atoms with E-state index >= 15 is 0 Å². The van der Waals surface area contributed by atoms with E-state index in [1.165, 1.54) is 0 Å². The van der Waals surface area contributed by atoms with Crippen LogP contribution in [-0.2, 0) is 9.59 Å². The summed E-state index contributed by atoms with van der Waals surface area (Å²) in [5.41, 5.74) is 0. The Morgan fingerprint density at radius 3 is 2.29 bits per heavy atom. The average molecular weight is 313 g/mol. The molecule has 2 rings (SSSR count). The van der Waals surface area contributed by atoms with Crippen LogP contribution in [0.3, 0.4) is 0 Å². The summed E-state index contributed by atoms with van der Waals surface area (Å²) in [6.07, 6.45) is 3.78. The Morgan fingerprint density at radius 2 is 1.67 bits per heavy atom. The van der Waals surface area contributed by atoms with E-state index in [4.69, 9.17) is 0 Å². The van der Waals surface area contributed by atoms with Gasteiger partial charge in [-0.1, -0.05) is 6.92 Å². The van der Waals surface area contributed by atoms with Gasteiger partial charge in [-0.25, -0.2) is 0 Å². The second kappa shape index (κ2) is 8.63. The summed E-state index contributed by atoms with van der Waals surface area (Å²) in [5.74, 6) is 1.03. The molecule has 2 saturated heterocycles. The monoisotopic (exact) mass is 313 g/mol. The first-order valence-corrected chi connectivity index (χ1v) is 9.13. The van der Waals surface area contributed by atoms with Gasteiger partial charge >= 0.3 is 0 Å². The molecule has 2 aliphatic rings. The van der Waals surface area contributed by atoms with Crippen LogP contribution in [0, 0.1) is 0 Å². The van der Waals surface area contributed by atoms with Gasteiger partial charge in [0.05, 0.1) is 5.75 Å². The highest BCUT2D eigenvalue weighted by atomic mass is 32.2. The van der Waals surface area contributed by atoms with Crippen molar-refractivity contribution in [3.8, 4) is 0 Å². The SMILES string of the molecule is CCC(=O)N1CCCN(C(=O)CSC2CCNCC2)CC1. The molecule has 120 valence electrons. The maximum atomic E-state index is 12.3. The molecule has 0 spiro atoms. The Bertz CT molecular complexity index is 359. The first kappa shape index (κ1) is 16.6. The highest BCUT2D eigenvalue weighted by Crippen LogP contribution is 2.20. The third-order valence-electron chi connectivity index (χ3n) is 4.23. The molecule has 0 atom stereocenters. The van der Waals surface area contributed by atoms with Gasteiger partial charge in [-0.05, 0) is 32.4 Å². The van der Waals surface area contributed by atoms with Crippen LogP contribution in [0.4, 0.5) is 0 Å². The number of piperidine rings is 1. The smallest absolute Gasteiger partial charge is 0.232 e. The molecule has 6 heteroatoms. The zero-order valence-electron chi connectivity index (χ0n) is 13.0. The van der Waals surface area contributed by atoms with E-state index in [0.717, 1.165) is 45.4 Å². The normalized spacial score (nSPS) is 21.2. The molecule has 2 aliphatic heterocycles. The van der Waals surface area contributed by atoms with Crippen molar-refractivity contribution < 1.29 is 9.59 Å². The minimum atomic E-state index is 0.202. The first-order chi connectivity index (χ1) is 10.2. The minimum absolute atomic E-state index is 0.202. The summed E-state index contributed by atoms with van der Waals surface area (Å²) in [4.78, 5) is 27.9. The van der Waals surface area contributed by atoms with Crippen LogP contribution in [-0.4, -0.2) is 71.9 Å². The van der Waals surface area contributed by atoms with Crippen molar-refractivity contribution in [2.24, 2.45) is 0 Å². The van der Waals surface area contributed by atoms with E-state index in [2.05, 4.69) is 5.32 Å². The Balaban J connectivity index is 1.73. The third kappa shape index (κ3) is 5.18. The van der Waals surface area contributed by atoms with Crippen molar-refractivity contribution in [3.63, 3.8) is 0 Å². The van der Waals surface area contributed by atoms with E-state index in [1.807, 2.05) is 16.7 Å². The van der Waals surface area contributed by atoms with Crippen LogP contribution in [0.1, 0.15) is 32.6 Å². The molecule has 2 heterocycles. The van der Waals surface area contributed by atoms with Crippen LogP contribution in [0.2, 0.25) is 0 Å². The largest absolute Gasteiger partial charge is 0.341 e. The Hall–Kier alpha value is -0.750. The zero-order valence-corrected chi connectivity index (χ0v) is 13.8. The summed E-state index contributed by atoms with van der Waals surface area (Å²) in [6.45, 7) is 7.00. The number of carbonyl (C=O) groups excluding carboxylic acids is 2. The van der Waals surface area contributed by atoms with Gasteiger partial charge in [-0.2, -0.15) is 0 Å². The van der Waals surface area contributed by atoms with Crippen molar-refractivity contribution in [3.05, 3.63) is 0 Å². The van der Waals surface area contributed by atoms with Gasteiger partial charge in [0.25, 0.3) is 0 Å². The van der Waals surface area contributed by atoms with Gasteiger partial charge in [0.2, 0.25) is 11.8 Å². The van der Waals surface area contributed by atoms with Gasteiger partial charge in [-0.3, -0.25) is 9.59 Å². The molecular formula is C15H27N3O2S. The van der Waals surface area contributed by atoms with E-state index in [-0.39, 0.29) is 11.8 Å². The van der Waals surface area contributed by atoms with E-state index in [1.54, 1.807) is 11.8 Å². The predicted molar refractivity (Wildman–Crippen MR) is 86.4 cm³/mol. The van der Waals surface area contributed by atoms with Crippen LogP contribution in [0.5, 0.6) is 0 Å². The fourth-order valence-electron chi connectivity index (χ4n) is 2.88. The maximum absolute atomic E-state index is 12.3. The lowest BCUT2D eigenvalue weighted by Crippen LogP contribution is -2.38. The summed E-state index contributed by atoms with van der Waals surface area (Å²) < 4.78 is 0. The average Bonchev–Trinajstić information content (AvgIpc) is 2.79. The van der Waals surface area contributed by atoms with Crippen molar-refractivity contribution in [1.82, 2.24) is 15.1 Å². The van der Waals surface area contributed by atoms with Crippen molar-refractivity contribution in [2.75, 3.05) is 45.0 Å². The Kier molecular flexibility index (Phi) is 6.83. The molecule has 0 bridgehead atoms. The molecule has 1 N–H and O–H groups in total. The zero-order chi connectivity index (χ0) is 15.1. The van der Waals surface area contributed by atoms with Gasteiger partial charge in [-0.15, -0.1) is 11.8 Å². The Morgan fingerprint density at radius 1 is 1.05 bits per heavy atom. The van der Waals surface area contributed by atoms with Crippen LogP contribution in [0.15, 0.2) is 0 Å². The number of hydrogen-bond donors (Lipinski definition) is 1. The lowest BCUT2D eigenvalue weighted by Gasteiger charge is -2.25. The summed E-state index contributed by atoms with van der Waals surface area (Å²) in [7, 11) is 0. The molecule has 0 aromatic carbocycles. The quantitative estimate of drug-likeness (QED) is 0.839. The Labute approximate surface area is 131 Å². The highest BCUT2D eigenvalue weighted by Gasteiger charge is 2.22. The van der Waals surface area contributed by atoms with Gasteiger partial charge in [0, 0.05) is 37.8 Å². The van der Waals surface area contributed by atoms with Crippen LogP contribution >= 0.6 is 11.8 Å². The first-order valence-electron chi connectivity index (χ1n) is 8.08. The summed E-state index contributed by atoms with van der Waals surface area (Å²) in [6, 6.07) is 0. The molecule has 0 saturated carbocycles. The molecule has 2 amide bonds. The molecule has 0 radical (unpaired) electrons. The predicted octanol–water partition coefficient (Wildman–Crippen LogP) is 0.943. The van der Waals surface area contributed by atoms with Crippen LogP contribution < -0.4 is 5.32 Å². The van der Waals surface area contributed by atoms with Crippen molar-refractivity contribution in [2.45, 2.75) is 37.9 Å². The van der Waals surface area contributed by atoms with Gasteiger partial charge in [0.1, 0.15) is 0 Å². The standard InChI is InChI=1S/C15H27N3O2S/c1-2-14(19)17-8-3-9-18(11-10-17)15(20)12-21-13-4-6-16-7-5-13/h13,16H,2-12H2,1H3. The number of amides is 2. The minimum Gasteiger partial charge on any atom is -0.341 e. The third-order valence-corrected chi connectivity index (χ3v) is 5.59. The number of nitrogens with one attached hydrogen (secondary N) is 1. The van der Waals surface area contributed by atoms with E-state index < -0.39 is 0 Å². The molecule has 0 aromatic heterocycles. The molecule has 0 aliphatic carbocycles. The number of rotatable bonds is 4. The fourth-order valence-corrected chi connectivity index (χ4v) is 4.01. The van der Waals surface area contributed by atoms with Gasteiger partial charge < -0.3 is 15.1 Å². The highest BCUT2D eigenvalue weighted by molar-refractivity contribution is 8.00. The number of thioether (sulfide) groups is 1. The molecular weight excluding hydrogens is 286 g/mol. The van der Waals surface area contributed by atoms with Gasteiger partial charge in [0.15, 0.2) is 0 Å².